The van der Waals surface area contributed by atoms with Crippen LogP contribution in [0.25, 0.3) is 0 Å². The third-order valence-electron chi connectivity index (χ3n) is 5.02. The van der Waals surface area contributed by atoms with Gasteiger partial charge in [-0.1, -0.05) is 12.1 Å². The van der Waals surface area contributed by atoms with Crippen molar-refractivity contribution in [3.05, 3.63) is 35.4 Å². The molecule has 0 radical (unpaired) electrons. The zero-order valence-electron chi connectivity index (χ0n) is 14.0. The normalized spacial score (nSPS) is 23.2. The number of rotatable bonds is 5. The topological polar surface area (TPSA) is 26.7 Å². The summed E-state index contributed by atoms with van der Waals surface area (Å²) >= 11 is 0. The van der Waals surface area contributed by atoms with Crippen LogP contribution in [-0.4, -0.2) is 54.2 Å². The van der Waals surface area contributed by atoms with E-state index in [0.717, 1.165) is 50.8 Å². The molecule has 2 aliphatic rings. The number of piperazine rings is 1. The van der Waals surface area contributed by atoms with Crippen LogP contribution >= 0.6 is 0 Å². The maximum absolute atomic E-state index is 12.9. The van der Waals surface area contributed by atoms with E-state index < -0.39 is 17.3 Å². The lowest BCUT2D eigenvalue weighted by Gasteiger charge is -2.38. The van der Waals surface area contributed by atoms with Crippen molar-refractivity contribution in [2.45, 2.75) is 31.5 Å². The summed E-state index contributed by atoms with van der Waals surface area (Å²) in [6.07, 6.45) is -1.71. The molecular formula is C18H25F3N2O. The number of β-amino-alcohol motifs (C(OH)–C–C–N with tert-alkyl or cyclic N) is 1. The number of hydrogen-bond acceptors (Lipinski definition) is 3. The summed E-state index contributed by atoms with van der Waals surface area (Å²) in [6.45, 7) is 6.75. The Balaban J connectivity index is 1.59. The second-order valence-electron chi connectivity index (χ2n) is 7.37. The van der Waals surface area contributed by atoms with Crippen LogP contribution < -0.4 is 0 Å². The number of aliphatic hydroxyl groups is 1. The standard InChI is InChI=1S/C18H25F3N2O/c1-17(24,15-3-2-4-16(11-15)18(19,20)21)13-23-9-7-22(8-10-23)12-14-5-6-14/h2-4,11,14,24H,5-10,12-13H2,1H3. The summed E-state index contributed by atoms with van der Waals surface area (Å²) in [7, 11) is 0. The van der Waals surface area contributed by atoms with Crippen LogP contribution in [0.2, 0.25) is 0 Å². The summed E-state index contributed by atoms with van der Waals surface area (Å²) in [5, 5.41) is 10.7. The predicted octanol–water partition coefficient (Wildman–Crippen LogP) is 2.94. The molecule has 24 heavy (non-hydrogen) atoms. The van der Waals surface area contributed by atoms with Crippen LogP contribution in [0.4, 0.5) is 13.2 Å². The molecule has 1 unspecified atom stereocenters. The molecule has 0 aromatic heterocycles. The third kappa shape index (κ3) is 4.49. The van der Waals surface area contributed by atoms with E-state index in [-0.39, 0.29) is 0 Å². The van der Waals surface area contributed by atoms with Crippen molar-refractivity contribution in [1.29, 1.82) is 0 Å². The molecule has 0 amide bonds. The van der Waals surface area contributed by atoms with E-state index in [1.54, 1.807) is 13.0 Å². The molecule has 1 N–H and O–H groups in total. The largest absolute Gasteiger partial charge is 0.416 e. The highest BCUT2D eigenvalue weighted by atomic mass is 19.4. The quantitative estimate of drug-likeness (QED) is 0.891. The lowest BCUT2D eigenvalue weighted by atomic mass is 9.93. The molecule has 0 spiro atoms. The Morgan fingerprint density at radius 2 is 1.62 bits per heavy atom. The minimum atomic E-state index is -4.39. The average Bonchev–Trinajstić information content (AvgIpc) is 3.32. The summed E-state index contributed by atoms with van der Waals surface area (Å²) in [4.78, 5) is 4.59. The molecule has 1 saturated heterocycles. The van der Waals surface area contributed by atoms with Gasteiger partial charge in [0.25, 0.3) is 0 Å². The molecule has 3 nitrogen and oxygen atoms in total. The van der Waals surface area contributed by atoms with Gasteiger partial charge in [-0.25, -0.2) is 0 Å². The summed E-state index contributed by atoms with van der Waals surface area (Å²) < 4.78 is 38.6. The Morgan fingerprint density at radius 1 is 1.04 bits per heavy atom. The number of alkyl halides is 3. The van der Waals surface area contributed by atoms with Crippen LogP contribution in [0.15, 0.2) is 24.3 Å². The molecule has 1 aromatic carbocycles. The Hall–Kier alpha value is -1.11. The number of hydrogen-bond donors (Lipinski definition) is 1. The van der Waals surface area contributed by atoms with Gasteiger partial charge in [-0.3, -0.25) is 4.90 Å². The highest BCUT2D eigenvalue weighted by Gasteiger charge is 2.34. The molecule has 3 rings (SSSR count). The molecule has 1 aliphatic carbocycles. The van der Waals surface area contributed by atoms with Gasteiger partial charge in [0, 0.05) is 39.3 Å². The van der Waals surface area contributed by atoms with Crippen molar-refractivity contribution < 1.29 is 18.3 Å². The van der Waals surface area contributed by atoms with Crippen molar-refractivity contribution >= 4 is 0 Å². The zero-order chi connectivity index (χ0) is 17.4. The first-order valence-corrected chi connectivity index (χ1v) is 8.59. The third-order valence-corrected chi connectivity index (χ3v) is 5.02. The Bertz CT molecular complexity index is 562. The highest BCUT2D eigenvalue weighted by molar-refractivity contribution is 5.29. The SMILES string of the molecule is CC(O)(CN1CCN(CC2CC2)CC1)c1cccc(C(F)(F)F)c1. The second kappa shape index (κ2) is 6.65. The van der Waals surface area contributed by atoms with E-state index in [9.17, 15) is 18.3 Å². The van der Waals surface area contributed by atoms with E-state index in [1.807, 2.05) is 0 Å². The number of nitrogens with zero attached hydrogens (tertiary/aromatic N) is 2. The van der Waals surface area contributed by atoms with Gasteiger partial charge in [0.05, 0.1) is 11.2 Å². The fourth-order valence-electron chi connectivity index (χ4n) is 3.35. The summed E-state index contributed by atoms with van der Waals surface area (Å²) in [5.41, 5.74) is -1.69. The molecule has 1 aliphatic heterocycles. The second-order valence-corrected chi connectivity index (χ2v) is 7.37. The van der Waals surface area contributed by atoms with Crippen LogP contribution in [0.3, 0.4) is 0 Å². The van der Waals surface area contributed by atoms with Crippen LogP contribution in [-0.2, 0) is 11.8 Å². The molecule has 1 atom stereocenters. The van der Waals surface area contributed by atoms with Gasteiger partial charge in [-0.15, -0.1) is 0 Å². The average molecular weight is 342 g/mol. The first-order chi connectivity index (χ1) is 11.2. The molecular weight excluding hydrogens is 317 g/mol. The monoisotopic (exact) mass is 342 g/mol. The van der Waals surface area contributed by atoms with Gasteiger partial charge in [0.2, 0.25) is 0 Å². The minimum absolute atomic E-state index is 0.317. The van der Waals surface area contributed by atoms with Crippen molar-refractivity contribution in [3.63, 3.8) is 0 Å². The summed E-state index contributed by atoms with van der Waals surface area (Å²) in [6, 6.07) is 5.03. The van der Waals surface area contributed by atoms with Crippen molar-refractivity contribution in [1.82, 2.24) is 9.80 Å². The first kappa shape index (κ1) is 17.7. The molecule has 6 heteroatoms. The lowest BCUT2D eigenvalue weighted by molar-refractivity contribution is -0.137. The molecule has 0 bridgehead atoms. The van der Waals surface area contributed by atoms with Gasteiger partial charge in [-0.05, 0) is 43.4 Å². The van der Waals surface area contributed by atoms with Crippen LogP contribution in [0, 0.1) is 5.92 Å². The van der Waals surface area contributed by atoms with Crippen LogP contribution in [0.1, 0.15) is 30.9 Å². The van der Waals surface area contributed by atoms with Crippen LogP contribution in [0.5, 0.6) is 0 Å². The first-order valence-electron chi connectivity index (χ1n) is 8.59. The molecule has 1 saturated carbocycles. The fourth-order valence-corrected chi connectivity index (χ4v) is 3.35. The van der Waals surface area contributed by atoms with Crippen molar-refractivity contribution in [3.8, 4) is 0 Å². The molecule has 2 fully saturated rings. The Kier molecular flexibility index (Phi) is 4.91. The maximum Gasteiger partial charge on any atom is 0.416 e. The van der Waals surface area contributed by atoms with E-state index in [1.165, 1.54) is 18.9 Å². The Morgan fingerprint density at radius 3 is 2.21 bits per heavy atom. The fraction of sp³-hybridized carbons (Fsp3) is 0.667. The highest BCUT2D eigenvalue weighted by Crippen LogP contribution is 2.33. The van der Waals surface area contributed by atoms with Gasteiger partial charge >= 0.3 is 6.18 Å². The number of halogens is 3. The van der Waals surface area contributed by atoms with E-state index in [4.69, 9.17) is 0 Å². The van der Waals surface area contributed by atoms with E-state index >= 15 is 0 Å². The minimum Gasteiger partial charge on any atom is -0.384 e. The van der Waals surface area contributed by atoms with Gasteiger partial charge < -0.3 is 10.0 Å². The predicted molar refractivity (Wildman–Crippen MR) is 86.6 cm³/mol. The molecule has 134 valence electrons. The lowest BCUT2D eigenvalue weighted by Crippen LogP contribution is -2.50. The van der Waals surface area contributed by atoms with E-state index in [2.05, 4.69) is 9.80 Å². The van der Waals surface area contributed by atoms with Gasteiger partial charge in [-0.2, -0.15) is 13.2 Å². The number of benzene rings is 1. The maximum atomic E-state index is 12.9. The van der Waals surface area contributed by atoms with Gasteiger partial charge in [0.15, 0.2) is 0 Å². The molecule has 1 heterocycles. The summed E-state index contributed by atoms with van der Waals surface area (Å²) in [5.74, 6) is 0.866. The van der Waals surface area contributed by atoms with Crippen molar-refractivity contribution in [2.24, 2.45) is 5.92 Å². The van der Waals surface area contributed by atoms with E-state index in [0.29, 0.717) is 12.1 Å². The Labute approximate surface area is 141 Å². The smallest absolute Gasteiger partial charge is 0.384 e. The van der Waals surface area contributed by atoms with Gasteiger partial charge in [0.1, 0.15) is 0 Å². The zero-order valence-corrected chi connectivity index (χ0v) is 14.0. The van der Waals surface area contributed by atoms with Crippen molar-refractivity contribution in [2.75, 3.05) is 39.3 Å². The molecule has 1 aromatic rings.